The van der Waals surface area contributed by atoms with Gasteiger partial charge >= 0.3 is 0 Å². The molecule has 1 saturated heterocycles. The summed E-state index contributed by atoms with van der Waals surface area (Å²) in [5, 5.41) is 8.48. The van der Waals surface area contributed by atoms with Gasteiger partial charge in [-0.3, -0.25) is 4.79 Å². The lowest BCUT2D eigenvalue weighted by molar-refractivity contribution is 0.0927. The van der Waals surface area contributed by atoms with Crippen molar-refractivity contribution in [3.8, 4) is 5.75 Å². The summed E-state index contributed by atoms with van der Waals surface area (Å²) in [5.74, 6) is 0.792. The molecule has 4 nitrogen and oxygen atoms in total. The number of ether oxygens (including phenoxy) is 1. The van der Waals surface area contributed by atoms with Gasteiger partial charge < -0.3 is 15.4 Å². The summed E-state index contributed by atoms with van der Waals surface area (Å²) < 4.78 is 5.39. The van der Waals surface area contributed by atoms with Crippen LogP contribution in [0.1, 0.15) is 30.1 Å². The Labute approximate surface area is 130 Å². The Balaban J connectivity index is 1.88. The van der Waals surface area contributed by atoms with Gasteiger partial charge in [0.2, 0.25) is 0 Å². The fourth-order valence-electron chi connectivity index (χ4n) is 3.17. The molecule has 22 heavy (non-hydrogen) atoms. The van der Waals surface area contributed by atoms with Crippen LogP contribution in [0.3, 0.4) is 0 Å². The van der Waals surface area contributed by atoms with Crippen LogP contribution in [-0.4, -0.2) is 31.6 Å². The zero-order valence-corrected chi connectivity index (χ0v) is 13.1. The largest absolute Gasteiger partial charge is 0.496 e. The number of nitrogens with one attached hydrogen (secondary N) is 2. The minimum Gasteiger partial charge on any atom is -0.496 e. The molecule has 0 aromatic heterocycles. The fraction of sp³-hybridized carbons (Fsp3) is 0.389. The van der Waals surface area contributed by atoms with E-state index in [0.717, 1.165) is 35.9 Å². The van der Waals surface area contributed by atoms with Crippen molar-refractivity contribution in [2.75, 3.05) is 13.7 Å². The first kappa shape index (κ1) is 14.9. The van der Waals surface area contributed by atoms with E-state index < -0.39 is 0 Å². The second kappa shape index (κ2) is 6.36. The molecule has 0 saturated carbocycles. The van der Waals surface area contributed by atoms with Crippen LogP contribution in [0.5, 0.6) is 5.75 Å². The van der Waals surface area contributed by atoms with Crippen LogP contribution in [0.15, 0.2) is 36.4 Å². The molecule has 1 heterocycles. The molecule has 0 bridgehead atoms. The van der Waals surface area contributed by atoms with Gasteiger partial charge in [0.05, 0.1) is 7.11 Å². The van der Waals surface area contributed by atoms with Crippen molar-refractivity contribution in [3.05, 3.63) is 42.0 Å². The van der Waals surface area contributed by atoms with Crippen molar-refractivity contribution in [2.45, 2.75) is 31.8 Å². The van der Waals surface area contributed by atoms with E-state index in [4.69, 9.17) is 4.74 Å². The third-order valence-corrected chi connectivity index (χ3v) is 4.31. The molecule has 1 aliphatic rings. The van der Waals surface area contributed by atoms with Gasteiger partial charge in [0.15, 0.2) is 0 Å². The lowest BCUT2D eigenvalue weighted by Gasteiger charge is -2.28. The second-order valence-corrected chi connectivity index (χ2v) is 5.91. The van der Waals surface area contributed by atoms with E-state index >= 15 is 0 Å². The second-order valence-electron chi connectivity index (χ2n) is 5.91. The predicted octanol–water partition coefficient (Wildman–Crippen LogP) is 2.72. The number of carbonyl (C=O) groups is 1. The van der Waals surface area contributed by atoms with Crippen molar-refractivity contribution >= 4 is 16.7 Å². The van der Waals surface area contributed by atoms with Gasteiger partial charge in [0.1, 0.15) is 5.75 Å². The van der Waals surface area contributed by atoms with Crippen LogP contribution < -0.4 is 15.4 Å². The molecule has 1 aliphatic heterocycles. The van der Waals surface area contributed by atoms with Gasteiger partial charge in [-0.1, -0.05) is 24.3 Å². The van der Waals surface area contributed by atoms with Crippen molar-refractivity contribution < 1.29 is 9.53 Å². The van der Waals surface area contributed by atoms with Crippen molar-refractivity contribution in [1.82, 2.24) is 10.6 Å². The maximum Gasteiger partial charge on any atom is 0.252 e. The molecule has 0 spiro atoms. The summed E-state index contributed by atoms with van der Waals surface area (Å²) in [6.45, 7) is 3.11. The van der Waals surface area contributed by atoms with Crippen LogP contribution in [-0.2, 0) is 0 Å². The molecule has 2 aromatic rings. The van der Waals surface area contributed by atoms with Gasteiger partial charge in [-0.15, -0.1) is 0 Å². The summed E-state index contributed by atoms with van der Waals surface area (Å²) in [5.41, 5.74) is 0.711. The molecular weight excluding hydrogens is 276 g/mol. The minimum atomic E-state index is -0.00190. The first-order valence-electron chi connectivity index (χ1n) is 7.79. The standard InChI is InChI=1S/C18H22N2O2/c1-12-11-13(9-10-19-12)20-18(21)16-7-8-17(22-2)15-6-4-3-5-14(15)16/h3-8,12-13,19H,9-11H2,1-2H3,(H,20,21). The number of methoxy groups -OCH3 is 1. The summed E-state index contributed by atoms with van der Waals surface area (Å²) in [6, 6.07) is 12.3. The Kier molecular flexibility index (Phi) is 4.29. The Morgan fingerprint density at radius 2 is 2.00 bits per heavy atom. The zero-order valence-electron chi connectivity index (χ0n) is 13.1. The first-order chi connectivity index (χ1) is 10.7. The van der Waals surface area contributed by atoms with E-state index in [1.165, 1.54) is 0 Å². The number of rotatable bonds is 3. The van der Waals surface area contributed by atoms with Crippen molar-refractivity contribution in [1.29, 1.82) is 0 Å². The molecule has 0 radical (unpaired) electrons. The van der Waals surface area contributed by atoms with Crippen molar-refractivity contribution in [2.24, 2.45) is 0 Å². The molecule has 116 valence electrons. The van der Waals surface area contributed by atoms with Gasteiger partial charge in [-0.2, -0.15) is 0 Å². The van der Waals surface area contributed by atoms with E-state index in [0.29, 0.717) is 11.6 Å². The third-order valence-electron chi connectivity index (χ3n) is 4.31. The average Bonchev–Trinajstić information content (AvgIpc) is 2.53. The lowest BCUT2D eigenvalue weighted by Crippen LogP contribution is -2.46. The lowest BCUT2D eigenvalue weighted by atomic mass is 9.99. The van der Waals surface area contributed by atoms with Crippen LogP contribution in [0.25, 0.3) is 10.8 Å². The van der Waals surface area contributed by atoms with Gasteiger partial charge in [0.25, 0.3) is 5.91 Å². The van der Waals surface area contributed by atoms with Crippen molar-refractivity contribution in [3.63, 3.8) is 0 Å². The SMILES string of the molecule is COc1ccc(C(=O)NC2CCNC(C)C2)c2ccccc12. The Morgan fingerprint density at radius 1 is 1.23 bits per heavy atom. The monoisotopic (exact) mass is 298 g/mol. The Bertz CT molecular complexity index is 684. The van der Waals surface area contributed by atoms with Gasteiger partial charge in [-0.25, -0.2) is 0 Å². The summed E-state index contributed by atoms with van der Waals surface area (Å²) in [6.07, 6.45) is 1.95. The smallest absolute Gasteiger partial charge is 0.252 e. The number of amides is 1. The predicted molar refractivity (Wildman–Crippen MR) is 88.5 cm³/mol. The molecule has 4 heteroatoms. The number of benzene rings is 2. The number of hydrogen-bond acceptors (Lipinski definition) is 3. The Morgan fingerprint density at radius 3 is 2.73 bits per heavy atom. The fourth-order valence-corrected chi connectivity index (χ4v) is 3.17. The molecule has 0 aliphatic carbocycles. The van der Waals surface area contributed by atoms with Crippen LogP contribution in [0.2, 0.25) is 0 Å². The first-order valence-corrected chi connectivity index (χ1v) is 7.79. The molecule has 1 amide bonds. The quantitative estimate of drug-likeness (QED) is 0.916. The maximum absolute atomic E-state index is 12.7. The van der Waals surface area contributed by atoms with E-state index in [1.54, 1.807) is 7.11 Å². The molecule has 2 aromatic carbocycles. The third kappa shape index (κ3) is 2.92. The number of carbonyl (C=O) groups excluding carboxylic acids is 1. The molecule has 2 atom stereocenters. The highest BCUT2D eigenvalue weighted by Gasteiger charge is 2.21. The number of piperidine rings is 1. The maximum atomic E-state index is 12.7. The normalized spacial score (nSPS) is 21.5. The summed E-state index contributed by atoms with van der Waals surface area (Å²) in [7, 11) is 1.65. The number of fused-ring (bicyclic) bond motifs is 1. The molecule has 2 N–H and O–H groups in total. The van der Waals surface area contributed by atoms with E-state index in [1.807, 2.05) is 36.4 Å². The van der Waals surface area contributed by atoms with E-state index in [9.17, 15) is 4.79 Å². The minimum absolute atomic E-state index is 0.00190. The average molecular weight is 298 g/mol. The van der Waals surface area contributed by atoms with Crippen LogP contribution >= 0.6 is 0 Å². The van der Waals surface area contributed by atoms with Crippen LogP contribution in [0, 0.1) is 0 Å². The van der Waals surface area contributed by atoms with E-state index in [-0.39, 0.29) is 11.9 Å². The van der Waals surface area contributed by atoms with Gasteiger partial charge in [-0.05, 0) is 43.8 Å². The summed E-state index contributed by atoms with van der Waals surface area (Å²) >= 11 is 0. The highest BCUT2D eigenvalue weighted by molar-refractivity contribution is 6.08. The highest BCUT2D eigenvalue weighted by atomic mass is 16.5. The van der Waals surface area contributed by atoms with Gasteiger partial charge in [0, 0.05) is 23.0 Å². The molecule has 1 fully saturated rings. The molecular formula is C18H22N2O2. The molecule has 3 rings (SSSR count). The van der Waals surface area contributed by atoms with E-state index in [2.05, 4.69) is 17.6 Å². The number of hydrogen-bond donors (Lipinski definition) is 2. The highest BCUT2D eigenvalue weighted by Crippen LogP contribution is 2.28. The summed E-state index contributed by atoms with van der Waals surface area (Å²) in [4.78, 5) is 12.7. The Hall–Kier alpha value is -2.07. The van der Waals surface area contributed by atoms with Crippen LogP contribution in [0.4, 0.5) is 0 Å². The topological polar surface area (TPSA) is 50.4 Å². The molecule has 2 unspecified atom stereocenters. The zero-order chi connectivity index (χ0) is 15.5.